The third-order valence-corrected chi connectivity index (χ3v) is 7.76. The van der Waals surface area contributed by atoms with Crippen molar-refractivity contribution in [3.05, 3.63) is 29.8 Å². The summed E-state index contributed by atoms with van der Waals surface area (Å²) in [5.74, 6) is 6.12. The first-order valence-corrected chi connectivity index (χ1v) is 11.7. The Bertz CT molecular complexity index is 1010. The molecule has 2 unspecified atom stereocenters. The highest BCUT2D eigenvalue weighted by Gasteiger charge is 2.48. The van der Waals surface area contributed by atoms with Gasteiger partial charge in [-0.05, 0) is 43.5 Å². The van der Waals surface area contributed by atoms with Crippen molar-refractivity contribution in [2.45, 2.75) is 30.6 Å². The second-order valence-electron chi connectivity index (χ2n) is 8.14. The van der Waals surface area contributed by atoms with Crippen molar-refractivity contribution in [3.63, 3.8) is 0 Å². The number of nitrogens with one attached hydrogen (secondary N) is 1. The van der Waals surface area contributed by atoms with Crippen LogP contribution in [0.4, 0.5) is 10.5 Å². The van der Waals surface area contributed by atoms with E-state index in [1.54, 1.807) is 31.4 Å². The van der Waals surface area contributed by atoms with Crippen LogP contribution in [0.25, 0.3) is 0 Å². The molecule has 3 rings (SSSR count). The number of carbonyl (C=O) groups is 2. The molecule has 1 aliphatic carbocycles. The Balaban J connectivity index is 1.66. The number of cyclic esters (lactones) is 1. The first-order valence-electron chi connectivity index (χ1n) is 9.82. The monoisotopic (exact) mass is 450 g/mol. The number of carbonyl (C=O) groups excluding carboxylic acids is 2. The second-order valence-corrected chi connectivity index (χ2v) is 10.6. The van der Waals surface area contributed by atoms with Crippen LogP contribution in [0.1, 0.15) is 25.3 Å². The summed E-state index contributed by atoms with van der Waals surface area (Å²) in [4.78, 5) is 25.7. The maximum Gasteiger partial charge on any atom is 0.414 e. The molecule has 10 heteroatoms. The summed E-state index contributed by atoms with van der Waals surface area (Å²) in [5.41, 5.74) is 2.79. The van der Waals surface area contributed by atoms with Crippen molar-refractivity contribution < 1.29 is 32.7 Å². The number of benzene rings is 1. The van der Waals surface area contributed by atoms with Crippen LogP contribution >= 0.6 is 0 Å². The molecule has 0 spiro atoms. The number of nitrogens with zero attached hydrogens (tertiary/aromatic N) is 1. The summed E-state index contributed by atoms with van der Waals surface area (Å²) in [6.07, 6.45) is 0.186. The quantitative estimate of drug-likeness (QED) is 0.365. The highest BCUT2D eigenvalue weighted by molar-refractivity contribution is 7.92. The molecule has 0 radical (unpaired) electrons. The zero-order valence-electron chi connectivity index (χ0n) is 17.6. The Hall–Kier alpha value is -2.61. The maximum atomic E-state index is 12.3. The van der Waals surface area contributed by atoms with Gasteiger partial charge in [-0.1, -0.05) is 11.8 Å². The minimum atomic E-state index is -3.89. The Morgan fingerprint density at radius 2 is 2.06 bits per heavy atom. The molecule has 2 fully saturated rings. The van der Waals surface area contributed by atoms with Gasteiger partial charge >= 0.3 is 6.09 Å². The standard InChI is InChI=1S/C21H26N2O7S/c1-21(19(24)22-26,31(3,27)28)11-18-12-23(20(25)30-18)17-8-5-14(6-9-17)4-7-15-10-16(15)13-29-2/h5-6,8-9,15-16,18,26H,10-13H2,1-3H3,(H,22,24)/t15?,16?,18-,21+/m0/s1. The van der Waals surface area contributed by atoms with Gasteiger partial charge in [-0.3, -0.25) is 14.9 Å². The van der Waals surface area contributed by atoms with Crippen LogP contribution in [0, 0.1) is 23.7 Å². The minimum Gasteiger partial charge on any atom is -0.444 e. The largest absolute Gasteiger partial charge is 0.444 e. The first kappa shape index (κ1) is 23.1. The van der Waals surface area contributed by atoms with Gasteiger partial charge in [-0.2, -0.15) is 0 Å². The molecular weight excluding hydrogens is 424 g/mol. The average molecular weight is 451 g/mol. The number of amides is 2. The van der Waals surface area contributed by atoms with Gasteiger partial charge in [0.05, 0.1) is 13.2 Å². The number of methoxy groups -OCH3 is 1. The molecule has 1 heterocycles. The molecule has 2 amide bonds. The fourth-order valence-corrected chi connectivity index (χ4v) is 4.40. The summed E-state index contributed by atoms with van der Waals surface area (Å²) in [7, 11) is -2.21. The van der Waals surface area contributed by atoms with Gasteiger partial charge in [0.1, 0.15) is 6.10 Å². The predicted molar refractivity (Wildman–Crippen MR) is 112 cm³/mol. The third-order valence-electron chi connectivity index (χ3n) is 5.78. The second kappa shape index (κ2) is 8.86. The molecule has 1 aliphatic heterocycles. The van der Waals surface area contributed by atoms with Gasteiger partial charge in [-0.25, -0.2) is 18.7 Å². The van der Waals surface area contributed by atoms with Crippen molar-refractivity contribution in [1.29, 1.82) is 0 Å². The molecule has 2 N–H and O–H groups in total. The van der Waals surface area contributed by atoms with Gasteiger partial charge in [0, 0.05) is 37.0 Å². The van der Waals surface area contributed by atoms with E-state index in [1.807, 2.05) is 0 Å². The number of hydroxylamine groups is 1. The van der Waals surface area contributed by atoms with E-state index >= 15 is 0 Å². The van der Waals surface area contributed by atoms with Crippen molar-refractivity contribution in [1.82, 2.24) is 5.48 Å². The van der Waals surface area contributed by atoms with E-state index < -0.39 is 32.7 Å². The molecule has 0 aromatic heterocycles. The van der Waals surface area contributed by atoms with Crippen molar-refractivity contribution in [3.8, 4) is 11.8 Å². The molecule has 31 heavy (non-hydrogen) atoms. The van der Waals surface area contributed by atoms with E-state index in [9.17, 15) is 18.0 Å². The summed E-state index contributed by atoms with van der Waals surface area (Å²) in [6, 6.07) is 7.08. The minimum absolute atomic E-state index is 0.0778. The fraction of sp³-hybridized carbons (Fsp3) is 0.524. The zero-order chi connectivity index (χ0) is 22.8. The maximum absolute atomic E-state index is 12.3. The van der Waals surface area contributed by atoms with Crippen molar-refractivity contribution in [2.24, 2.45) is 11.8 Å². The van der Waals surface area contributed by atoms with Gasteiger partial charge in [-0.15, -0.1) is 0 Å². The van der Waals surface area contributed by atoms with E-state index in [0.29, 0.717) is 17.5 Å². The number of hydrogen-bond acceptors (Lipinski definition) is 7. The van der Waals surface area contributed by atoms with Crippen LogP contribution in [-0.2, 0) is 24.1 Å². The Kier molecular flexibility index (Phi) is 6.59. The van der Waals surface area contributed by atoms with Crippen molar-refractivity contribution >= 4 is 27.5 Å². The van der Waals surface area contributed by atoms with E-state index in [2.05, 4.69) is 11.8 Å². The van der Waals surface area contributed by atoms with Crippen LogP contribution in [0.5, 0.6) is 0 Å². The molecule has 1 aromatic carbocycles. The lowest BCUT2D eigenvalue weighted by Crippen LogP contribution is -2.51. The summed E-state index contributed by atoms with van der Waals surface area (Å²) in [5, 5.41) is 8.94. The lowest BCUT2D eigenvalue weighted by atomic mass is 10.0. The van der Waals surface area contributed by atoms with Crippen molar-refractivity contribution in [2.75, 3.05) is 31.4 Å². The fourth-order valence-electron chi connectivity index (χ4n) is 3.53. The first-order chi connectivity index (χ1) is 14.6. The van der Waals surface area contributed by atoms with E-state index in [1.165, 1.54) is 17.3 Å². The van der Waals surface area contributed by atoms with Gasteiger partial charge < -0.3 is 9.47 Å². The summed E-state index contributed by atoms with van der Waals surface area (Å²) >= 11 is 0. The topological polar surface area (TPSA) is 122 Å². The lowest BCUT2D eigenvalue weighted by molar-refractivity contribution is -0.132. The molecule has 9 nitrogen and oxygen atoms in total. The van der Waals surface area contributed by atoms with Gasteiger partial charge in [0.25, 0.3) is 5.91 Å². The molecule has 168 valence electrons. The van der Waals surface area contributed by atoms with E-state index in [-0.39, 0.29) is 13.0 Å². The number of rotatable bonds is 7. The van der Waals surface area contributed by atoms with Crippen LogP contribution in [0.15, 0.2) is 24.3 Å². The third kappa shape index (κ3) is 5.01. The Morgan fingerprint density at radius 1 is 1.39 bits per heavy atom. The van der Waals surface area contributed by atoms with Gasteiger partial charge in [0.15, 0.2) is 14.6 Å². The molecule has 2 aliphatic rings. The number of ether oxygens (including phenoxy) is 2. The normalized spacial score (nSPS) is 24.6. The number of anilines is 1. The summed E-state index contributed by atoms with van der Waals surface area (Å²) < 4.78 is 32.7. The average Bonchev–Trinajstić information content (AvgIpc) is 3.37. The van der Waals surface area contributed by atoms with Gasteiger partial charge in [0.2, 0.25) is 0 Å². The molecule has 1 saturated carbocycles. The van der Waals surface area contributed by atoms with E-state index in [4.69, 9.17) is 14.7 Å². The van der Waals surface area contributed by atoms with Crippen LogP contribution < -0.4 is 10.4 Å². The van der Waals surface area contributed by atoms with Crippen LogP contribution in [0.2, 0.25) is 0 Å². The SMILES string of the molecule is COCC1CC1C#Cc1ccc(N2C[C@H](C[C@](C)(C(=O)NO)S(C)(=O)=O)OC2=O)cc1. The smallest absolute Gasteiger partial charge is 0.414 e. The Morgan fingerprint density at radius 3 is 2.65 bits per heavy atom. The molecule has 1 saturated heterocycles. The Labute approximate surface area is 181 Å². The highest BCUT2D eigenvalue weighted by atomic mass is 32.2. The lowest BCUT2D eigenvalue weighted by Gasteiger charge is -2.26. The molecule has 0 bridgehead atoms. The van der Waals surface area contributed by atoms with E-state index in [0.717, 1.165) is 24.8 Å². The van der Waals surface area contributed by atoms with Crippen LogP contribution in [0.3, 0.4) is 0 Å². The highest BCUT2D eigenvalue weighted by Crippen LogP contribution is 2.37. The molecule has 1 aromatic rings. The summed E-state index contributed by atoms with van der Waals surface area (Å²) in [6.45, 7) is 1.98. The van der Waals surface area contributed by atoms with Crippen LogP contribution in [-0.4, -0.2) is 63.0 Å². The zero-order valence-corrected chi connectivity index (χ0v) is 18.4. The molecule has 4 atom stereocenters. The number of sulfone groups is 1. The predicted octanol–water partition coefficient (Wildman–Crippen LogP) is 1.34. The molecular formula is C21H26N2O7S. The number of hydrogen-bond donors (Lipinski definition) is 2.